The number of carbonyl (C=O) groups excluding carboxylic acids is 1. The zero-order valence-electron chi connectivity index (χ0n) is 11.6. The van der Waals surface area contributed by atoms with Gasteiger partial charge in [0.2, 0.25) is 5.91 Å². The number of likely N-dealkylation sites (N-methyl/N-ethyl adjacent to an activating group) is 1. The van der Waals surface area contributed by atoms with Crippen molar-refractivity contribution in [2.75, 3.05) is 25.0 Å². The number of hydrogen-bond donors (Lipinski definition) is 2. The van der Waals surface area contributed by atoms with Crippen LogP contribution in [0.2, 0.25) is 0 Å². The molecule has 3 N–H and O–H groups in total. The van der Waals surface area contributed by atoms with E-state index in [1.165, 1.54) is 0 Å². The van der Waals surface area contributed by atoms with Crippen LogP contribution < -0.4 is 16.0 Å². The lowest BCUT2D eigenvalue weighted by Crippen LogP contribution is -2.37. The minimum atomic E-state index is -0.0642. The second-order valence-corrected chi connectivity index (χ2v) is 4.72. The summed E-state index contributed by atoms with van der Waals surface area (Å²) in [5, 5.41) is 2.61. The lowest BCUT2D eigenvalue weighted by atomic mass is 10.2. The highest BCUT2D eigenvalue weighted by Crippen LogP contribution is 2.19. The van der Waals surface area contributed by atoms with E-state index in [1.54, 1.807) is 7.05 Å². The number of pyridine rings is 1. The molecule has 0 aliphatic rings. The van der Waals surface area contributed by atoms with E-state index >= 15 is 0 Å². The quantitative estimate of drug-likeness (QED) is 0.760. The number of hydrogen-bond acceptors (Lipinski definition) is 4. The largest absolute Gasteiger partial charge is 0.389 e. The molecule has 1 rings (SSSR count). The Labute approximate surface area is 119 Å². The Morgan fingerprint density at radius 1 is 1.53 bits per heavy atom. The van der Waals surface area contributed by atoms with Gasteiger partial charge in [0.15, 0.2) is 0 Å². The van der Waals surface area contributed by atoms with Gasteiger partial charge in [-0.05, 0) is 25.5 Å². The molecule has 0 aromatic carbocycles. The van der Waals surface area contributed by atoms with Gasteiger partial charge in [0.25, 0.3) is 0 Å². The first-order valence-corrected chi connectivity index (χ1v) is 6.63. The number of aromatic nitrogens is 1. The highest BCUT2D eigenvalue weighted by Gasteiger charge is 2.16. The van der Waals surface area contributed by atoms with Crippen molar-refractivity contribution < 1.29 is 4.79 Å². The van der Waals surface area contributed by atoms with Crippen molar-refractivity contribution in [1.82, 2.24) is 10.3 Å². The Bertz CT molecular complexity index is 476. The van der Waals surface area contributed by atoms with Crippen LogP contribution >= 0.6 is 12.2 Å². The number of carbonyl (C=O) groups is 1. The topological polar surface area (TPSA) is 71.2 Å². The number of nitrogens with zero attached hydrogens (tertiary/aromatic N) is 2. The van der Waals surface area contributed by atoms with Gasteiger partial charge in [-0.1, -0.05) is 19.1 Å². The van der Waals surface area contributed by atoms with E-state index < -0.39 is 0 Å². The Balaban J connectivity index is 3.16. The number of thiocarbonyl (C=S) groups is 1. The van der Waals surface area contributed by atoms with E-state index in [9.17, 15) is 4.79 Å². The van der Waals surface area contributed by atoms with E-state index in [-0.39, 0.29) is 12.5 Å². The molecule has 0 aliphatic heterocycles. The van der Waals surface area contributed by atoms with Crippen LogP contribution in [0, 0.1) is 6.92 Å². The first kappa shape index (κ1) is 15.4. The van der Waals surface area contributed by atoms with Crippen LogP contribution in [0.1, 0.15) is 24.6 Å². The number of rotatable bonds is 6. The van der Waals surface area contributed by atoms with E-state index in [1.807, 2.05) is 30.9 Å². The van der Waals surface area contributed by atoms with Crippen LogP contribution in [0.15, 0.2) is 12.1 Å². The summed E-state index contributed by atoms with van der Waals surface area (Å²) in [5.41, 5.74) is 7.30. The van der Waals surface area contributed by atoms with Crippen molar-refractivity contribution in [2.45, 2.75) is 20.3 Å². The van der Waals surface area contributed by atoms with Crippen molar-refractivity contribution >= 4 is 28.9 Å². The molecule has 0 spiro atoms. The Morgan fingerprint density at radius 2 is 2.21 bits per heavy atom. The van der Waals surface area contributed by atoms with Gasteiger partial charge in [0.05, 0.1) is 12.1 Å². The van der Waals surface area contributed by atoms with Crippen LogP contribution in [0.3, 0.4) is 0 Å². The molecule has 1 aromatic heterocycles. The molecule has 1 aromatic rings. The predicted octanol–water partition coefficient (Wildman–Crippen LogP) is 0.987. The van der Waals surface area contributed by atoms with E-state index in [4.69, 9.17) is 18.0 Å². The minimum Gasteiger partial charge on any atom is -0.389 e. The lowest BCUT2D eigenvalue weighted by molar-refractivity contribution is -0.119. The summed E-state index contributed by atoms with van der Waals surface area (Å²) in [5.74, 6) is 0.614. The van der Waals surface area contributed by atoms with Crippen LogP contribution in [-0.2, 0) is 4.79 Å². The Hall–Kier alpha value is -1.69. The summed E-state index contributed by atoms with van der Waals surface area (Å²) in [6, 6.07) is 3.72. The van der Waals surface area contributed by atoms with Crippen LogP contribution in [0.5, 0.6) is 0 Å². The van der Waals surface area contributed by atoms with Crippen molar-refractivity contribution in [3.63, 3.8) is 0 Å². The van der Waals surface area contributed by atoms with Crippen LogP contribution in [-0.4, -0.2) is 36.0 Å². The van der Waals surface area contributed by atoms with Crippen molar-refractivity contribution in [2.24, 2.45) is 5.73 Å². The number of amides is 1. The maximum absolute atomic E-state index is 11.6. The molecule has 19 heavy (non-hydrogen) atoms. The van der Waals surface area contributed by atoms with Crippen molar-refractivity contribution in [3.05, 3.63) is 23.4 Å². The Morgan fingerprint density at radius 3 is 2.74 bits per heavy atom. The molecule has 104 valence electrons. The first-order chi connectivity index (χ1) is 8.99. The summed E-state index contributed by atoms with van der Waals surface area (Å²) in [6.07, 6.45) is 0.906. The molecule has 0 atom stereocenters. The monoisotopic (exact) mass is 280 g/mol. The van der Waals surface area contributed by atoms with Gasteiger partial charge in [-0.3, -0.25) is 4.79 Å². The molecule has 0 aliphatic carbocycles. The number of nitrogens with two attached hydrogens (primary N) is 1. The normalized spacial score (nSPS) is 10.1. The van der Waals surface area contributed by atoms with Gasteiger partial charge in [-0.2, -0.15) is 0 Å². The van der Waals surface area contributed by atoms with Crippen LogP contribution in [0.25, 0.3) is 0 Å². The number of anilines is 1. The summed E-state index contributed by atoms with van der Waals surface area (Å²) >= 11 is 5.05. The summed E-state index contributed by atoms with van der Waals surface area (Å²) < 4.78 is 0. The van der Waals surface area contributed by atoms with Crippen molar-refractivity contribution in [3.8, 4) is 0 Å². The van der Waals surface area contributed by atoms with Gasteiger partial charge in [0, 0.05) is 19.3 Å². The number of aryl methyl sites for hydroxylation is 1. The van der Waals surface area contributed by atoms with Gasteiger partial charge < -0.3 is 16.0 Å². The third-order valence-corrected chi connectivity index (χ3v) is 2.91. The molecule has 1 heterocycles. The average Bonchev–Trinajstić information content (AvgIpc) is 2.37. The van der Waals surface area contributed by atoms with Crippen molar-refractivity contribution in [1.29, 1.82) is 0 Å². The van der Waals surface area contributed by atoms with Gasteiger partial charge in [-0.15, -0.1) is 0 Å². The molecular weight excluding hydrogens is 260 g/mol. The molecule has 0 saturated carbocycles. The smallest absolute Gasteiger partial charge is 0.239 e. The fourth-order valence-electron chi connectivity index (χ4n) is 1.76. The van der Waals surface area contributed by atoms with Gasteiger partial charge in [-0.25, -0.2) is 4.98 Å². The van der Waals surface area contributed by atoms with E-state index in [2.05, 4.69) is 10.3 Å². The predicted molar refractivity (Wildman–Crippen MR) is 81.4 cm³/mol. The molecule has 0 bridgehead atoms. The highest BCUT2D eigenvalue weighted by molar-refractivity contribution is 7.80. The summed E-state index contributed by atoms with van der Waals surface area (Å²) in [7, 11) is 1.62. The molecule has 0 fully saturated rings. The molecule has 0 saturated heterocycles. The van der Waals surface area contributed by atoms with Gasteiger partial charge >= 0.3 is 0 Å². The number of nitrogens with one attached hydrogen (secondary N) is 1. The highest BCUT2D eigenvalue weighted by atomic mass is 32.1. The Kier molecular flexibility index (Phi) is 5.69. The molecule has 1 amide bonds. The molecule has 6 heteroatoms. The SMILES string of the molecule is CCCN(CC(=O)NC)c1nc(C)ccc1C(N)=S. The second kappa shape index (κ2) is 7.04. The maximum atomic E-state index is 11.6. The zero-order chi connectivity index (χ0) is 14.4. The molecule has 0 radical (unpaired) electrons. The fraction of sp³-hybridized carbons (Fsp3) is 0.462. The standard InChI is InChI=1S/C13H20N4OS/c1-4-7-17(8-11(18)15-3)13-10(12(14)19)6-5-9(2)16-13/h5-6H,4,7-8H2,1-3H3,(H2,14,19)(H,15,18). The average molecular weight is 280 g/mol. The molecular formula is C13H20N4OS. The zero-order valence-corrected chi connectivity index (χ0v) is 12.4. The first-order valence-electron chi connectivity index (χ1n) is 6.22. The third kappa shape index (κ3) is 4.17. The third-order valence-electron chi connectivity index (χ3n) is 2.69. The summed E-state index contributed by atoms with van der Waals surface area (Å²) in [4.78, 5) is 18.3. The summed E-state index contributed by atoms with van der Waals surface area (Å²) in [6.45, 7) is 4.92. The lowest BCUT2D eigenvalue weighted by Gasteiger charge is -2.24. The minimum absolute atomic E-state index is 0.0642. The maximum Gasteiger partial charge on any atom is 0.239 e. The van der Waals surface area contributed by atoms with Crippen LogP contribution in [0.4, 0.5) is 5.82 Å². The second-order valence-electron chi connectivity index (χ2n) is 4.28. The van der Waals surface area contributed by atoms with Gasteiger partial charge in [0.1, 0.15) is 10.8 Å². The fourth-order valence-corrected chi connectivity index (χ4v) is 1.92. The molecule has 0 unspecified atom stereocenters. The van der Waals surface area contributed by atoms with E-state index in [0.29, 0.717) is 16.4 Å². The van der Waals surface area contributed by atoms with E-state index in [0.717, 1.165) is 18.7 Å². The molecule has 5 nitrogen and oxygen atoms in total.